The Morgan fingerprint density at radius 1 is 1.13 bits per heavy atom. The van der Waals surface area contributed by atoms with Crippen LogP contribution in [0.3, 0.4) is 0 Å². The zero-order valence-corrected chi connectivity index (χ0v) is 23.4. The predicted molar refractivity (Wildman–Crippen MR) is 152 cm³/mol. The number of carbonyl (C=O) groups is 3. The first-order valence-corrected chi connectivity index (χ1v) is 13.9. The molecule has 2 fully saturated rings. The number of carbonyl (C=O) groups excluding carboxylic acids is 3. The minimum atomic E-state index is -0.899. The maximum Gasteiger partial charge on any atom is 0.243 e. The maximum absolute atomic E-state index is 13.7. The van der Waals surface area contributed by atoms with Crippen molar-refractivity contribution in [1.82, 2.24) is 15.5 Å². The van der Waals surface area contributed by atoms with Crippen molar-refractivity contribution in [1.29, 1.82) is 0 Å². The molecule has 5 atom stereocenters. The van der Waals surface area contributed by atoms with Crippen LogP contribution < -0.4 is 10.6 Å². The Kier molecular flexibility index (Phi) is 11.7. The fraction of sp³-hybridized carbons (Fsp3) is 0.516. The first-order chi connectivity index (χ1) is 18.7. The minimum Gasteiger partial charge on any atom is -0.395 e. The van der Waals surface area contributed by atoms with Gasteiger partial charge in [-0.2, -0.15) is 0 Å². The first-order valence-electron chi connectivity index (χ1n) is 13.9. The molecular weight excluding hydrogens is 494 g/mol. The number of epoxide rings is 1. The van der Waals surface area contributed by atoms with Gasteiger partial charge in [0.25, 0.3) is 0 Å². The summed E-state index contributed by atoms with van der Waals surface area (Å²) >= 11 is 0. The number of amides is 2. The van der Waals surface area contributed by atoms with Crippen molar-refractivity contribution in [3.05, 3.63) is 71.8 Å². The van der Waals surface area contributed by atoms with Gasteiger partial charge in [-0.3, -0.25) is 19.3 Å². The zero-order valence-electron chi connectivity index (χ0n) is 23.4. The number of hydrogen-bond donors (Lipinski definition) is 3. The van der Waals surface area contributed by atoms with Crippen molar-refractivity contribution >= 4 is 17.6 Å². The lowest BCUT2D eigenvalue weighted by atomic mass is 9.98. The van der Waals surface area contributed by atoms with E-state index in [1.807, 2.05) is 74.2 Å². The molecular formula is C31H43N3O5. The molecule has 2 aliphatic heterocycles. The van der Waals surface area contributed by atoms with Gasteiger partial charge in [-0.1, -0.05) is 67.1 Å². The average Bonchev–Trinajstić information content (AvgIpc) is 3.79. The summed E-state index contributed by atoms with van der Waals surface area (Å²) in [5.74, 6) is -0.879. The molecule has 2 amide bonds. The van der Waals surface area contributed by atoms with Crippen molar-refractivity contribution in [3.8, 4) is 0 Å². The molecule has 1 aromatic rings. The van der Waals surface area contributed by atoms with Crippen LogP contribution in [0.2, 0.25) is 0 Å². The number of nitrogens with one attached hydrogen (secondary N) is 2. The Hall–Kier alpha value is -3.07. The smallest absolute Gasteiger partial charge is 0.243 e. The fourth-order valence-corrected chi connectivity index (χ4v) is 4.93. The first kappa shape index (κ1) is 30.5. The Bertz CT molecular complexity index is 1060. The van der Waals surface area contributed by atoms with Crippen LogP contribution in [0, 0.1) is 0 Å². The normalized spacial score (nSPS) is 22.1. The van der Waals surface area contributed by atoms with Gasteiger partial charge in [0.15, 0.2) is 5.78 Å². The van der Waals surface area contributed by atoms with E-state index in [9.17, 15) is 19.5 Å². The van der Waals surface area contributed by atoms with Crippen LogP contribution in [-0.2, 0) is 25.5 Å². The fourth-order valence-electron chi connectivity index (χ4n) is 4.93. The van der Waals surface area contributed by atoms with E-state index in [1.54, 1.807) is 0 Å². The summed E-state index contributed by atoms with van der Waals surface area (Å²) in [6, 6.07) is 7.25. The van der Waals surface area contributed by atoms with Crippen LogP contribution in [0.1, 0.15) is 52.0 Å². The number of allylic oxidation sites excluding steroid dienone is 4. The number of Topliss-reactive ketones (excluding diaryl/α,β-unsaturated/α-hetero) is 1. The van der Waals surface area contributed by atoms with E-state index in [1.165, 1.54) is 0 Å². The van der Waals surface area contributed by atoms with E-state index in [2.05, 4.69) is 17.2 Å². The Balaban J connectivity index is 1.80. The van der Waals surface area contributed by atoms with Crippen LogP contribution in [0.25, 0.3) is 0 Å². The second kappa shape index (κ2) is 14.9. The molecule has 2 aliphatic rings. The van der Waals surface area contributed by atoms with Gasteiger partial charge in [-0.05, 0) is 57.7 Å². The lowest BCUT2D eigenvalue weighted by Gasteiger charge is -2.38. The van der Waals surface area contributed by atoms with Crippen LogP contribution >= 0.6 is 0 Å². The molecule has 0 aliphatic carbocycles. The van der Waals surface area contributed by atoms with Crippen molar-refractivity contribution in [2.75, 3.05) is 19.8 Å². The second-order valence-electron chi connectivity index (χ2n) is 10.5. The number of likely N-dealkylation sites (tertiary alicyclic amines) is 1. The minimum absolute atomic E-state index is 0.0114. The number of ketones is 1. The van der Waals surface area contributed by atoms with E-state index in [4.69, 9.17) is 4.74 Å². The van der Waals surface area contributed by atoms with Gasteiger partial charge < -0.3 is 20.5 Å². The van der Waals surface area contributed by atoms with E-state index in [0.717, 1.165) is 36.0 Å². The molecule has 2 saturated heterocycles. The number of nitrogens with zero attached hydrogens (tertiary/aromatic N) is 1. The average molecular weight is 538 g/mol. The highest BCUT2D eigenvalue weighted by Gasteiger charge is 2.38. The Labute approximate surface area is 232 Å². The molecule has 3 N–H and O–H groups in total. The molecule has 212 valence electrons. The lowest BCUT2D eigenvalue weighted by Crippen LogP contribution is -2.58. The largest absolute Gasteiger partial charge is 0.395 e. The van der Waals surface area contributed by atoms with Crippen LogP contribution in [-0.4, -0.2) is 77.6 Å². The zero-order chi connectivity index (χ0) is 28.4. The third-order valence-electron chi connectivity index (χ3n) is 7.38. The van der Waals surface area contributed by atoms with Gasteiger partial charge in [-0.25, -0.2) is 0 Å². The van der Waals surface area contributed by atoms with E-state index in [0.29, 0.717) is 19.6 Å². The highest BCUT2D eigenvalue weighted by Crippen LogP contribution is 2.20. The summed E-state index contributed by atoms with van der Waals surface area (Å²) in [5.41, 5.74) is 2.64. The SMILES string of the molecule is C=C(C)/C=C\C(=C/C)C[C@H](NC(=O)C(C)N1CCCCC1CO)C(=O)NC(Cc1ccccc1)C(=O)C1CO1. The monoisotopic (exact) mass is 537 g/mol. The highest BCUT2D eigenvalue weighted by atomic mass is 16.6. The van der Waals surface area contributed by atoms with E-state index in [-0.39, 0.29) is 30.8 Å². The Morgan fingerprint density at radius 2 is 1.82 bits per heavy atom. The molecule has 39 heavy (non-hydrogen) atoms. The van der Waals surface area contributed by atoms with Gasteiger partial charge in [-0.15, -0.1) is 0 Å². The summed E-state index contributed by atoms with van der Waals surface area (Å²) < 4.78 is 5.23. The summed E-state index contributed by atoms with van der Waals surface area (Å²) in [4.78, 5) is 42.2. The number of aliphatic hydroxyl groups excluding tert-OH is 1. The van der Waals surface area contributed by atoms with E-state index >= 15 is 0 Å². The summed E-state index contributed by atoms with van der Waals surface area (Å²) in [6.07, 6.45) is 8.52. The molecule has 0 aromatic heterocycles. The van der Waals surface area contributed by atoms with Gasteiger partial charge in [0.05, 0.1) is 25.3 Å². The topological polar surface area (TPSA) is 111 Å². The number of rotatable bonds is 14. The maximum atomic E-state index is 13.7. The molecule has 1 aromatic carbocycles. The summed E-state index contributed by atoms with van der Waals surface area (Å²) in [7, 11) is 0. The molecule has 0 radical (unpaired) electrons. The van der Waals surface area contributed by atoms with Gasteiger partial charge >= 0.3 is 0 Å². The number of ether oxygens (including phenoxy) is 1. The predicted octanol–water partition coefficient (Wildman–Crippen LogP) is 2.87. The number of benzene rings is 1. The molecule has 0 spiro atoms. The van der Waals surface area contributed by atoms with Crippen LogP contribution in [0.5, 0.6) is 0 Å². The lowest BCUT2D eigenvalue weighted by molar-refractivity contribution is -0.134. The molecule has 8 nitrogen and oxygen atoms in total. The number of aliphatic hydroxyl groups is 1. The van der Waals surface area contributed by atoms with E-state index < -0.39 is 30.1 Å². The van der Waals surface area contributed by atoms with Crippen molar-refractivity contribution in [2.45, 2.75) is 83.1 Å². The van der Waals surface area contributed by atoms with Crippen molar-refractivity contribution in [2.24, 2.45) is 0 Å². The third-order valence-corrected chi connectivity index (χ3v) is 7.38. The molecule has 0 bridgehead atoms. The van der Waals surface area contributed by atoms with Crippen molar-refractivity contribution < 1.29 is 24.2 Å². The second-order valence-corrected chi connectivity index (χ2v) is 10.5. The molecule has 0 saturated carbocycles. The third kappa shape index (κ3) is 9.27. The number of hydrogen-bond acceptors (Lipinski definition) is 6. The number of piperidine rings is 1. The van der Waals surface area contributed by atoms with Crippen LogP contribution in [0.4, 0.5) is 0 Å². The van der Waals surface area contributed by atoms with Gasteiger partial charge in [0.2, 0.25) is 11.8 Å². The van der Waals surface area contributed by atoms with Crippen molar-refractivity contribution in [3.63, 3.8) is 0 Å². The van der Waals surface area contributed by atoms with Gasteiger partial charge in [0.1, 0.15) is 12.1 Å². The van der Waals surface area contributed by atoms with Gasteiger partial charge in [0, 0.05) is 12.5 Å². The molecule has 4 unspecified atom stereocenters. The summed E-state index contributed by atoms with van der Waals surface area (Å²) in [6.45, 7) is 10.5. The quantitative estimate of drug-likeness (QED) is 0.249. The van der Waals surface area contributed by atoms with Crippen LogP contribution in [0.15, 0.2) is 66.3 Å². The standard InChI is InChI=1S/C31H43N3O5/c1-5-23(15-14-21(2)3)17-27(33-30(37)22(4)34-16-10-9-13-25(34)19-35)31(38)32-26(29(36)28-20-39-28)18-24-11-7-6-8-12-24/h5-8,11-12,14-15,22,25-28,35H,2,9-10,13,16-20H2,1,3-4H3,(H,32,38)(H,33,37)/b15-14-,23-5+/t22?,25?,26?,27-,28?/m0/s1. The molecule has 2 heterocycles. The molecule has 3 rings (SSSR count). The highest BCUT2D eigenvalue weighted by molar-refractivity contribution is 5.96. The molecule has 8 heteroatoms. The summed E-state index contributed by atoms with van der Waals surface area (Å²) in [5, 5.41) is 15.7. The Morgan fingerprint density at radius 3 is 2.44 bits per heavy atom.